The molecule has 0 saturated carbocycles. The molecule has 0 spiro atoms. The Hall–Kier alpha value is -3.69. The van der Waals surface area contributed by atoms with Crippen molar-refractivity contribution in [2.75, 3.05) is 13.2 Å². The predicted octanol–water partition coefficient (Wildman–Crippen LogP) is 2.87. The average Bonchev–Trinajstić information content (AvgIpc) is 2.68. The van der Waals surface area contributed by atoms with E-state index in [4.69, 9.17) is 9.57 Å². The Balaban J connectivity index is 2.33. The lowest BCUT2D eigenvalue weighted by Crippen LogP contribution is -2.28. The lowest BCUT2D eigenvalue weighted by molar-refractivity contribution is -0.384. The number of hydrogen-bond donors (Lipinski definition) is 2. The molecule has 1 aromatic carbocycles. The van der Waals surface area contributed by atoms with Crippen LogP contribution in [0.15, 0.2) is 52.0 Å². The Morgan fingerprint density at radius 3 is 2.70 bits per heavy atom. The summed E-state index contributed by atoms with van der Waals surface area (Å²) in [6, 6.07) is 5.89. The number of carboxylic acids is 1. The molecule has 1 aliphatic heterocycles. The number of ether oxygens (including phenoxy) is 1. The van der Waals surface area contributed by atoms with E-state index in [9.17, 15) is 24.8 Å². The summed E-state index contributed by atoms with van der Waals surface area (Å²) in [5.41, 5.74) is 2.29. The van der Waals surface area contributed by atoms with Gasteiger partial charge in [-0.1, -0.05) is 17.3 Å². The van der Waals surface area contributed by atoms with Crippen molar-refractivity contribution in [3.63, 3.8) is 0 Å². The van der Waals surface area contributed by atoms with Crippen molar-refractivity contribution in [1.29, 1.82) is 0 Å². The molecule has 160 valence electrons. The quantitative estimate of drug-likeness (QED) is 0.270. The summed E-state index contributed by atoms with van der Waals surface area (Å²) in [5, 5.41) is 27.7. The number of carboxylic acid groups (broad SMARTS) is 1. The van der Waals surface area contributed by atoms with Crippen LogP contribution in [-0.4, -0.2) is 41.4 Å². The molecule has 30 heavy (non-hydrogen) atoms. The number of non-ortho nitro benzene ring substituents is 1. The zero-order valence-corrected chi connectivity index (χ0v) is 16.9. The Morgan fingerprint density at radius 2 is 2.07 bits per heavy atom. The predicted molar refractivity (Wildman–Crippen MR) is 108 cm³/mol. The topological polar surface area (TPSA) is 140 Å². The number of carbonyl (C=O) groups excluding carboxylic acids is 1. The summed E-state index contributed by atoms with van der Waals surface area (Å²) in [5.74, 6) is -2.39. The number of rotatable bonds is 9. The van der Waals surface area contributed by atoms with Gasteiger partial charge in [-0.05, 0) is 31.9 Å². The molecule has 0 fully saturated rings. The minimum absolute atomic E-state index is 0.0944. The van der Waals surface area contributed by atoms with Crippen molar-refractivity contribution in [3.05, 3.63) is 62.5 Å². The summed E-state index contributed by atoms with van der Waals surface area (Å²) in [4.78, 5) is 38.8. The maximum atomic E-state index is 12.0. The first-order valence-electron chi connectivity index (χ1n) is 9.20. The van der Waals surface area contributed by atoms with Crippen LogP contribution in [0.1, 0.15) is 38.7 Å². The number of hydrogen-bond acceptors (Lipinski definition) is 8. The van der Waals surface area contributed by atoms with Crippen LogP contribution >= 0.6 is 0 Å². The third-order valence-electron chi connectivity index (χ3n) is 4.49. The van der Waals surface area contributed by atoms with Crippen LogP contribution < -0.4 is 5.32 Å². The molecule has 1 unspecified atom stereocenters. The number of dihydropyridines is 1. The van der Waals surface area contributed by atoms with Crippen LogP contribution in [0.3, 0.4) is 0 Å². The highest BCUT2D eigenvalue weighted by Crippen LogP contribution is 2.40. The summed E-state index contributed by atoms with van der Waals surface area (Å²) in [6.07, 6.45) is 1.61. The number of nitro benzene ring substituents is 1. The fourth-order valence-electron chi connectivity index (χ4n) is 3.26. The molecular weight excluding hydrogens is 394 g/mol. The highest BCUT2D eigenvalue weighted by molar-refractivity contribution is 5.91. The summed E-state index contributed by atoms with van der Waals surface area (Å²) >= 11 is 0. The van der Waals surface area contributed by atoms with Gasteiger partial charge in [-0.25, -0.2) is 9.59 Å². The van der Waals surface area contributed by atoms with Gasteiger partial charge >= 0.3 is 11.9 Å². The van der Waals surface area contributed by atoms with Gasteiger partial charge in [-0.2, -0.15) is 0 Å². The SMILES string of the molecule is CCOC(=O)CON=CCC1=C(C)NC(C)=C(C(=O)O)C1c1cccc([N+](=O)[O-])c1. The number of oxime groups is 1. The standard InChI is InChI=1S/C20H23N3O7/c1-4-29-17(24)11-30-21-9-8-16-12(2)22-13(3)18(20(25)26)19(16)14-6-5-7-15(10-14)23(27)28/h5-7,9-10,19,22H,4,8,11H2,1-3H3,(H,25,26). The normalized spacial score (nSPS) is 16.4. The van der Waals surface area contributed by atoms with Crippen LogP contribution in [0.5, 0.6) is 0 Å². The van der Waals surface area contributed by atoms with Gasteiger partial charge in [0.05, 0.1) is 17.1 Å². The van der Waals surface area contributed by atoms with Crippen LogP contribution in [-0.2, 0) is 19.2 Å². The Labute approximate surface area is 173 Å². The second kappa shape index (κ2) is 10.2. The maximum absolute atomic E-state index is 12.0. The fourth-order valence-corrected chi connectivity index (χ4v) is 3.26. The Bertz CT molecular complexity index is 934. The molecular formula is C20H23N3O7. The molecule has 0 saturated heterocycles. The molecule has 0 amide bonds. The van der Waals surface area contributed by atoms with E-state index in [-0.39, 0.29) is 30.9 Å². The molecule has 1 heterocycles. The molecule has 10 nitrogen and oxygen atoms in total. The van der Waals surface area contributed by atoms with E-state index in [1.54, 1.807) is 26.8 Å². The first kappa shape index (κ1) is 22.6. The van der Waals surface area contributed by atoms with Crippen LogP contribution in [0.2, 0.25) is 0 Å². The second-order valence-corrected chi connectivity index (χ2v) is 6.47. The van der Waals surface area contributed by atoms with Crippen molar-refractivity contribution >= 4 is 23.8 Å². The summed E-state index contributed by atoms with van der Waals surface area (Å²) < 4.78 is 4.73. The number of aliphatic carboxylic acids is 1. The molecule has 0 aliphatic carbocycles. The van der Waals surface area contributed by atoms with Crippen molar-refractivity contribution in [2.24, 2.45) is 5.16 Å². The van der Waals surface area contributed by atoms with E-state index < -0.39 is 22.8 Å². The largest absolute Gasteiger partial charge is 0.478 e. The molecule has 0 aromatic heterocycles. The lowest BCUT2D eigenvalue weighted by atomic mass is 9.79. The zero-order valence-electron chi connectivity index (χ0n) is 16.9. The highest BCUT2D eigenvalue weighted by atomic mass is 16.7. The van der Waals surface area contributed by atoms with Gasteiger partial charge in [0.1, 0.15) is 0 Å². The number of allylic oxidation sites excluding steroid dienone is 3. The van der Waals surface area contributed by atoms with Gasteiger partial charge in [-0.3, -0.25) is 10.1 Å². The third kappa shape index (κ3) is 5.43. The molecule has 1 aromatic rings. The summed E-state index contributed by atoms with van der Waals surface area (Å²) in [7, 11) is 0. The molecule has 0 radical (unpaired) electrons. The fraction of sp³-hybridized carbons (Fsp3) is 0.350. The van der Waals surface area contributed by atoms with E-state index in [0.29, 0.717) is 22.5 Å². The zero-order chi connectivity index (χ0) is 22.3. The second-order valence-electron chi connectivity index (χ2n) is 6.47. The van der Waals surface area contributed by atoms with Gasteiger partial charge in [0.2, 0.25) is 6.61 Å². The third-order valence-corrected chi connectivity index (χ3v) is 4.49. The first-order chi connectivity index (χ1) is 14.3. The molecule has 1 atom stereocenters. The van der Waals surface area contributed by atoms with Crippen LogP contribution in [0.25, 0.3) is 0 Å². The molecule has 2 N–H and O–H groups in total. The van der Waals surface area contributed by atoms with Crippen LogP contribution in [0.4, 0.5) is 5.69 Å². The van der Waals surface area contributed by atoms with Gasteiger partial charge in [0, 0.05) is 42.1 Å². The lowest BCUT2D eigenvalue weighted by Gasteiger charge is -2.30. The van der Waals surface area contributed by atoms with Gasteiger partial charge in [0.15, 0.2) is 0 Å². The van der Waals surface area contributed by atoms with Gasteiger partial charge < -0.3 is 20.0 Å². The van der Waals surface area contributed by atoms with E-state index in [0.717, 1.165) is 0 Å². The van der Waals surface area contributed by atoms with Gasteiger partial charge in [0.25, 0.3) is 5.69 Å². The Kier molecular flexibility index (Phi) is 7.68. The van der Waals surface area contributed by atoms with Crippen molar-refractivity contribution in [2.45, 2.75) is 33.1 Å². The van der Waals surface area contributed by atoms with E-state index in [2.05, 4.69) is 10.5 Å². The molecule has 0 bridgehead atoms. The Morgan fingerprint density at radius 1 is 1.33 bits per heavy atom. The monoisotopic (exact) mass is 417 g/mol. The number of benzene rings is 1. The number of carbonyl (C=O) groups is 2. The number of nitrogens with zero attached hydrogens (tertiary/aromatic N) is 2. The average molecular weight is 417 g/mol. The minimum atomic E-state index is -1.13. The van der Waals surface area contributed by atoms with Crippen LogP contribution in [0, 0.1) is 10.1 Å². The van der Waals surface area contributed by atoms with Crippen molar-refractivity contribution in [3.8, 4) is 0 Å². The van der Waals surface area contributed by atoms with E-state index in [1.165, 1.54) is 24.4 Å². The van der Waals surface area contributed by atoms with Crippen molar-refractivity contribution < 1.29 is 29.2 Å². The summed E-state index contributed by atoms with van der Waals surface area (Å²) in [6.45, 7) is 5.00. The van der Waals surface area contributed by atoms with E-state index in [1.807, 2.05) is 0 Å². The van der Waals surface area contributed by atoms with Gasteiger partial charge in [-0.15, -0.1) is 0 Å². The first-order valence-corrected chi connectivity index (χ1v) is 9.20. The van der Waals surface area contributed by atoms with Crippen molar-refractivity contribution in [1.82, 2.24) is 5.32 Å². The number of nitro groups is 1. The molecule has 10 heteroatoms. The minimum Gasteiger partial charge on any atom is -0.478 e. The smallest absolute Gasteiger partial charge is 0.347 e. The number of nitrogens with one attached hydrogen (secondary N) is 1. The molecule has 1 aliphatic rings. The highest BCUT2D eigenvalue weighted by Gasteiger charge is 2.33. The maximum Gasteiger partial charge on any atom is 0.347 e. The number of esters is 1. The molecule has 2 rings (SSSR count). The van der Waals surface area contributed by atoms with E-state index >= 15 is 0 Å².